The fourth-order valence-corrected chi connectivity index (χ4v) is 2.41. The lowest BCUT2D eigenvalue weighted by Crippen LogP contribution is -2.30. The zero-order chi connectivity index (χ0) is 13.6. The largest absolute Gasteiger partial charge is 0.500 e. The SMILES string of the molecule is CC(O)(C(O)=S)c1cccc2oc3ccccc3c12. The molecular formula is C15H12O3S. The second-order valence-corrected chi connectivity index (χ2v) is 5.04. The van der Waals surface area contributed by atoms with E-state index in [1.54, 1.807) is 12.1 Å². The van der Waals surface area contributed by atoms with Crippen molar-refractivity contribution in [2.75, 3.05) is 0 Å². The van der Waals surface area contributed by atoms with Gasteiger partial charge in [-0.15, -0.1) is 0 Å². The number of thiocarbonyl (C=S) groups is 1. The van der Waals surface area contributed by atoms with Gasteiger partial charge in [-0.1, -0.05) is 30.3 Å². The summed E-state index contributed by atoms with van der Waals surface area (Å²) in [7, 11) is 0. The Bertz CT molecular complexity index is 786. The maximum Gasteiger partial charge on any atom is 0.193 e. The standard InChI is InChI=1S/C15H12O3S/c1-15(17,14(16)19)10-6-4-8-12-13(10)9-5-2-3-7-11(9)18-12/h2-8,17H,1H3,(H,16,19). The van der Waals surface area contributed by atoms with E-state index in [1.807, 2.05) is 30.3 Å². The van der Waals surface area contributed by atoms with E-state index in [2.05, 4.69) is 0 Å². The summed E-state index contributed by atoms with van der Waals surface area (Å²) in [6, 6.07) is 12.9. The summed E-state index contributed by atoms with van der Waals surface area (Å²) in [5.74, 6) is 0. The monoisotopic (exact) mass is 272 g/mol. The Labute approximate surface area is 115 Å². The van der Waals surface area contributed by atoms with E-state index >= 15 is 0 Å². The highest BCUT2D eigenvalue weighted by atomic mass is 32.1. The van der Waals surface area contributed by atoms with E-state index in [-0.39, 0.29) is 0 Å². The van der Waals surface area contributed by atoms with Gasteiger partial charge in [0.15, 0.2) is 10.7 Å². The number of fused-ring (bicyclic) bond motifs is 3. The Morgan fingerprint density at radius 1 is 1.11 bits per heavy atom. The molecule has 2 aromatic carbocycles. The Balaban J connectivity index is 2.46. The molecule has 4 heteroatoms. The maximum absolute atomic E-state index is 10.4. The van der Waals surface area contributed by atoms with Crippen LogP contribution >= 0.6 is 12.2 Å². The van der Waals surface area contributed by atoms with Gasteiger partial charge in [0, 0.05) is 16.3 Å². The normalized spacial score (nSPS) is 14.6. The molecule has 0 saturated carbocycles. The maximum atomic E-state index is 10.4. The molecule has 19 heavy (non-hydrogen) atoms. The highest BCUT2D eigenvalue weighted by Crippen LogP contribution is 2.36. The predicted molar refractivity (Wildman–Crippen MR) is 78.5 cm³/mol. The van der Waals surface area contributed by atoms with Crippen LogP contribution in [0.3, 0.4) is 0 Å². The average molecular weight is 272 g/mol. The van der Waals surface area contributed by atoms with E-state index < -0.39 is 10.7 Å². The van der Waals surface area contributed by atoms with Crippen LogP contribution in [0.15, 0.2) is 46.9 Å². The molecule has 3 aromatic rings. The van der Waals surface area contributed by atoms with Crippen molar-refractivity contribution < 1.29 is 14.6 Å². The molecule has 2 N–H and O–H groups in total. The van der Waals surface area contributed by atoms with Crippen LogP contribution in [-0.2, 0) is 5.60 Å². The molecule has 0 amide bonds. The number of para-hydroxylation sites is 1. The summed E-state index contributed by atoms with van der Waals surface area (Å²) in [5, 5.41) is 21.2. The third-order valence-electron chi connectivity index (χ3n) is 3.34. The zero-order valence-electron chi connectivity index (χ0n) is 10.3. The fraction of sp³-hybridized carbons (Fsp3) is 0.133. The van der Waals surface area contributed by atoms with Crippen molar-refractivity contribution in [3.63, 3.8) is 0 Å². The molecule has 0 bridgehead atoms. The molecule has 3 rings (SSSR count). The molecule has 0 saturated heterocycles. The minimum absolute atomic E-state index is 0.453. The number of hydrogen-bond donors (Lipinski definition) is 2. The summed E-state index contributed by atoms with van der Waals surface area (Å²) in [6.45, 7) is 1.48. The summed E-state index contributed by atoms with van der Waals surface area (Å²) in [4.78, 5) is 0. The third-order valence-corrected chi connectivity index (χ3v) is 3.74. The first-order chi connectivity index (χ1) is 9.01. The zero-order valence-corrected chi connectivity index (χ0v) is 11.1. The molecule has 1 unspecified atom stereocenters. The lowest BCUT2D eigenvalue weighted by Gasteiger charge is -2.21. The summed E-state index contributed by atoms with van der Waals surface area (Å²) < 4.78 is 5.73. The first kappa shape index (κ1) is 12.1. The molecule has 96 valence electrons. The van der Waals surface area contributed by atoms with Gasteiger partial charge in [0.05, 0.1) is 0 Å². The lowest BCUT2D eigenvalue weighted by atomic mass is 9.92. The Hall–Kier alpha value is -1.91. The van der Waals surface area contributed by atoms with Crippen molar-refractivity contribution in [3.8, 4) is 0 Å². The second kappa shape index (κ2) is 4.05. The van der Waals surface area contributed by atoms with Crippen molar-refractivity contribution in [2.45, 2.75) is 12.5 Å². The highest BCUT2D eigenvalue weighted by molar-refractivity contribution is 7.80. The van der Waals surface area contributed by atoms with Gasteiger partial charge >= 0.3 is 0 Å². The molecule has 1 heterocycles. The van der Waals surface area contributed by atoms with Crippen molar-refractivity contribution in [1.82, 2.24) is 0 Å². The number of rotatable bonds is 2. The summed E-state index contributed by atoms with van der Waals surface area (Å²) >= 11 is 4.75. The number of aliphatic hydroxyl groups excluding tert-OH is 1. The van der Waals surface area contributed by atoms with Crippen LogP contribution in [-0.4, -0.2) is 15.3 Å². The molecule has 0 aliphatic rings. The van der Waals surface area contributed by atoms with Crippen molar-refractivity contribution >= 4 is 39.2 Å². The van der Waals surface area contributed by atoms with E-state index in [9.17, 15) is 10.2 Å². The van der Waals surface area contributed by atoms with E-state index in [1.165, 1.54) is 6.92 Å². The van der Waals surface area contributed by atoms with Gasteiger partial charge < -0.3 is 14.6 Å². The van der Waals surface area contributed by atoms with Crippen LogP contribution < -0.4 is 0 Å². The topological polar surface area (TPSA) is 53.6 Å². The average Bonchev–Trinajstić information content (AvgIpc) is 2.76. The van der Waals surface area contributed by atoms with E-state index in [4.69, 9.17) is 16.6 Å². The molecule has 0 spiro atoms. The van der Waals surface area contributed by atoms with Crippen LogP contribution in [0.4, 0.5) is 0 Å². The molecule has 1 atom stereocenters. The van der Waals surface area contributed by atoms with Crippen LogP contribution in [0.5, 0.6) is 0 Å². The molecule has 3 nitrogen and oxygen atoms in total. The van der Waals surface area contributed by atoms with Gasteiger partial charge in [0.2, 0.25) is 0 Å². The van der Waals surface area contributed by atoms with Crippen LogP contribution in [0.2, 0.25) is 0 Å². The first-order valence-corrected chi connectivity index (χ1v) is 6.29. The van der Waals surface area contributed by atoms with E-state index in [0.29, 0.717) is 11.1 Å². The van der Waals surface area contributed by atoms with Gasteiger partial charge in [0.1, 0.15) is 11.2 Å². The fourth-order valence-electron chi connectivity index (χ4n) is 2.30. The predicted octanol–water partition coefficient (Wildman–Crippen LogP) is 3.68. The van der Waals surface area contributed by atoms with Crippen molar-refractivity contribution in [2.24, 2.45) is 0 Å². The van der Waals surface area contributed by atoms with Crippen LogP contribution in [0.25, 0.3) is 21.9 Å². The lowest BCUT2D eigenvalue weighted by molar-refractivity contribution is 0.117. The summed E-state index contributed by atoms with van der Waals surface area (Å²) in [5.41, 5.74) is 0.365. The summed E-state index contributed by atoms with van der Waals surface area (Å²) in [6.07, 6.45) is 0. The molecule has 0 fully saturated rings. The smallest absolute Gasteiger partial charge is 0.193 e. The third kappa shape index (κ3) is 1.72. The van der Waals surface area contributed by atoms with Crippen LogP contribution in [0.1, 0.15) is 12.5 Å². The highest BCUT2D eigenvalue weighted by Gasteiger charge is 2.31. The molecule has 0 radical (unpaired) electrons. The van der Waals surface area contributed by atoms with Gasteiger partial charge in [-0.05, 0) is 31.3 Å². The first-order valence-electron chi connectivity index (χ1n) is 5.88. The number of furan rings is 1. The Kier molecular flexibility index (Phi) is 2.59. The quantitative estimate of drug-likeness (QED) is 0.699. The molecular weight excluding hydrogens is 260 g/mol. The van der Waals surface area contributed by atoms with E-state index in [0.717, 1.165) is 16.4 Å². The van der Waals surface area contributed by atoms with Gasteiger partial charge in [-0.25, -0.2) is 0 Å². The number of hydrogen-bond acceptors (Lipinski definition) is 3. The van der Waals surface area contributed by atoms with Crippen molar-refractivity contribution in [3.05, 3.63) is 48.0 Å². The van der Waals surface area contributed by atoms with Crippen LogP contribution in [0, 0.1) is 0 Å². The van der Waals surface area contributed by atoms with Gasteiger partial charge in [-0.2, -0.15) is 0 Å². The minimum atomic E-state index is -1.58. The number of benzene rings is 2. The molecule has 1 aromatic heterocycles. The van der Waals surface area contributed by atoms with Gasteiger partial charge in [0.25, 0.3) is 0 Å². The Morgan fingerprint density at radius 2 is 1.79 bits per heavy atom. The molecule has 0 aliphatic carbocycles. The number of aliphatic hydroxyl groups is 2. The Morgan fingerprint density at radius 3 is 2.53 bits per heavy atom. The molecule has 0 aliphatic heterocycles. The second-order valence-electron chi connectivity index (χ2n) is 4.65. The van der Waals surface area contributed by atoms with Gasteiger partial charge in [-0.3, -0.25) is 0 Å². The van der Waals surface area contributed by atoms with Crippen molar-refractivity contribution in [1.29, 1.82) is 0 Å². The minimum Gasteiger partial charge on any atom is -0.500 e.